The smallest absolute Gasteiger partial charge is 0.269 e. The molecule has 28 heavy (non-hydrogen) atoms. The summed E-state index contributed by atoms with van der Waals surface area (Å²) in [5.41, 5.74) is 5.54. The Kier molecular flexibility index (Phi) is 5.99. The molecular weight excluding hydrogens is 352 g/mol. The van der Waals surface area contributed by atoms with Gasteiger partial charge in [0.05, 0.1) is 11.3 Å². The molecule has 3 aromatic rings. The molecule has 3 rings (SSSR count). The van der Waals surface area contributed by atoms with Gasteiger partial charge in [-0.1, -0.05) is 43.7 Å². The Morgan fingerprint density at radius 2 is 1.89 bits per heavy atom. The normalized spacial score (nSPS) is 10.7. The number of carbonyl (C=O) groups is 1. The Labute approximate surface area is 164 Å². The summed E-state index contributed by atoms with van der Waals surface area (Å²) in [6, 6.07) is 9.85. The third kappa shape index (κ3) is 4.17. The van der Waals surface area contributed by atoms with Crippen LogP contribution in [0.1, 0.15) is 46.6 Å². The second kappa shape index (κ2) is 8.61. The number of hydrogen-bond acceptors (Lipinski definition) is 4. The quantitative estimate of drug-likeness (QED) is 0.692. The Hall–Kier alpha value is -3.28. The maximum atomic E-state index is 12.7. The number of amides is 1. The van der Waals surface area contributed by atoms with E-state index in [-0.39, 0.29) is 18.0 Å². The minimum Gasteiger partial charge on any atom is -0.348 e. The van der Waals surface area contributed by atoms with Crippen molar-refractivity contribution >= 4 is 5.91 Å². The lowest BCUT2D eigenvalue weighted by molar-refractivity contribution is 0.0950. The van der Waals surface area contributed by atoms with Crippen LogP contribution in [0.25, 0.3) is 11.1 Å². The third-order valence-corrected chi connectivity index (χ3v) is 4.75. The fraction of sp³-hybridized carbons (Fsp3) is 0.273. The molecule has 0 aliphatic carbocycles. The first-order valence-corrected chi connectivity index (χ1v) is 9.43. The van der Waals surface area contributed by atoms with Crippen LogP contribution < -0.4 is 10.9 Å². The van der Waals surface area contributed by atoms with Crippen molar-refractivity contribution in [1.29, 1.82) is 0 Å². The van der Waals surface area contributed by atoms with E-state index in [2.05, 4.69) is 26.6 Å². The lowest BCUT2D eigenvalue weighted by Crippen LogP contribution is -2.29. The Morgan fingerprint density at radius 3 is 2.61 bits per heavy atom. The summed E-state index contributed by atoms with van der Waals surface area (Å²) in [5.74, 6) is -0.265. The summed E-state index contributed by atoms with van der Waals surface area (Å²) in [7, 11) is 0. The highest BCUT2D eigenvalue weighted by Gasteiger charge is 2.14. The minimum absolute atomic E-state index is 0.154. The number of rotatable bonds is 6. The van der Waals surface area contributed by atoms with Gasteiger partial charge in [0.25, 0.3) is 11.5 Å². The molecule has 0 fully saturated rings. The molecule has 1 amide bonds. The molecule has 0 aliphatic rings. The summed E-state index contributed by atoms with van der Waals surface area (Å²) < 4.78 is 0. The summed E-state index contributed by atoms with van der Waals surface area (Å²) >= 11 is 0. The van der Waals surface area contributed by atoms with Crippen molar-refractivity contribution in [1.82, 2.24) is 20.5 Å². The molecule has 0 radical (unpaired) electrons. The fourth-order valence-corrected chi connectivity index (χ4v) is 3.28. The molecule has 0 unspecified atom stereocenters. The first kappa shape index (κ1) is 19.5. The van der Waals surface area contributed by atoms with Gasteiger partial charge in [-0.3, -0.25) is 14.6 Å². The van der Waals surface area contributed by atoms with Gasteiger partial charge < -0.3 is 5.32 Å². The molecule has 0 bridgehead atoms. The number of H-pyrrole nitrogens is 1. The van der Waals surface area contributed by atoms with Gasteiger partial charge in [0.15, 0.2) is 0 Å². The Balaban J connectivity index is 1.82. The molecule has 0 spiro atoms. The van der Waals surface area contributed by atoms with Crippen LogP contribution in [0.5, 0.6) is 0 Å². The number of benzene rings is 1. The van der Waals surface area contributed by atoms with Gasteiger partial charge in [0, 0.05) is 30.1 Å². The number of nitrogens with one attached hydrogen (secondary N) is 2. The first-order chi connectivity index (χ1) is 13.5. The SMILES string of the molecule is CCc1n[nH]c(=O)c(CNC(=O)c2cncc(-c3cccc(C)c3)c2)c1CC. The molecule has 0 aliphatic heterocycles. The van der Waals surface area contributed by atoms with Crippen molar-refractivity contribution in [3.63, 3.8) is 0 Å². The lowest BCUT2D eigenvalue weighted by atomic mass is 10.0. The maximum Gasteiger partial charge on any atom is 0.269 e. The van der Waals surface area contributed by atoms with E-state index < -0.39 is 0 Å². The highest BCUT2D eigenvalue weighted by atomic mass is 16.2. The fourth-order valence-electron chi connectivity index (χ4n) is 3.28. The number of aromatic amines is 1. The molecule has 6 nitrogen and oxygen atoms in total. The second-order valence-electron chi connectivity index (χ2n) is 6.68. The average molecular weight is 376 g/mol. The molecule has 6 heteroatoms. The standard InChI is InChI=1S/C22H24N4O2/c1-4-18-19(22(28)26-25-20(18)5-2)13-24-21(27)17-10-16(11-23-12-17)15-8-6-7-14(3)9-15/h6-12H,4-5,13H2,1-3H3,(H,24,27)(H,26,28). The van der Waals surface area contributed by atoms with Crippen molar-refractivity contribution in [3.8, 4) is 11.1 Å². The second-order valence-corrected chi connectivity index (χ2v) is 6.68. The largest absolute Gasteiger partial charge is 0.348 e. The zero-order chi connectivity index (χ0) is 20.1. The van der Waals surface area contributed by atoms with Gasteiger partial charge >= 0.3 is 0 Å². The molecule has 2 N–H and O–H groups in total. The number of aryl methyl sites for hydroxylation is 2. The molecule has 1 aromatic carbocycles. The van der Waals surface area contributed by atoms with E-state index in [4.69, 9.17) is 0 Å². The van der Waals surface area contributed by atoms with Gasteiger partial charge in [-0.05, 0) is 37.0 Å². The molecule has 0 atom stereocenters. The van der Waals surface area contributed by atoms with Crippen LogP contribution in [-0.2, 0) is 19.4 Å². The Morgan fingerprint density at radius 1 is 1.07 bits per heavy atom. The van der Waals surface area contributed by atoms with Crippen LogP contribution in [0, 0.1) is 6.92 Å². The van der Waals surface area contributed by atoms with Gasteiger partial charge in [0.2, 0.25) is 0 Å². The molecule has 2 heterocycles. The van der Waals surface area contributed by atoms with E-state index in [0.717, 1.165) is 34.4 Å². The minimum atomic E-state index is -0.265. The van der Waals surface area contributed by atoms with Crippen LogP contribution in [0.4, 0.5) is 0 Å². The number of aromatic nitrogens is 3. The van der Waals surface area contributed by atoms with Crippen molar-refractivity contribution in [2.24, 2.45) is 0 Å². The van der Waals surface area contributed by atoms with Crippen molar-refractivity contribution < 1.29 is 4.79 Å². The molecule has 0 saturated heterocycles. The van der Waals surface area contributed by atoms with E-state index in [1.165, 1.54) is 6.20 Å². The van der Waals surface area contributed by atoms with Crippen molar-refractivity contribution in [3.05, 3.63) is 81.0 Å². The van der Waals surface area contributed by atoms with Crippen LogP contribution in [0.3, 0.4) is 0 Å². The van der Waals surface area contributed by atoms with Gasteiger partial charge in [0.1, 0.15) is 0 Å². The van der Waals surface area contributed by atoms with Crippen LogP contribution in [-0.4, -0.2) is 21.1 Å². The van der Waals surface area contributed by atoms with Crippen LogP contribution in [0.15, 0.2) is 47.5 Å². The van der Waals surface area contributed by atoms with E-state index in [1.54, 1.807) is 6.20 Å². The van der Waals surface area contributed by atoms with Crippen LogP contribution >= 0.6 is 0 Å². The monoisotopic (exact) mass is 376 g/mol. The van der Waals surface area contributed by atoms with Crippen molar-refractivity contribution in [2.45, 2.75) is 40.2 Å². The molecule has 144 valence electrons. The van der Waals surface area contributed by atoms with Gasteiger partial charge in [-0.25, -0.2) is 5.10 Å². The summed E-state index contributed by atoms with van der Waals surface area (Å²) in [6.45, 7) is 6.15. The van der Waals surface area contributed by atoms with Gasteiger partial charge in [-0.15, -0.1) is 0 Å². The number of hydrogen-bond donors (Lipinski definition) is 2. The number of nitrogens with zero attached hydrogens (tertiary/aromatic N) is 2. The van der Waals surface area contributed by atoms with E-state index >= 15 is 0 Å². The van der Waals surface area contributed by atoms with Crippen molar-refractivity contribution in [2.75, 3.05) is 0 Å². The third-order valence-electron chi connectivity index (χ3n) is 4.75. The predicted octanol–water partition coefficient (Wildman–Crippen LogP) is 3.20. The van der Waals surface area contributed by atoms with E-state index in [1.807, 2.05) is 45.0 Å². The lowest BCUT2D eigenvalue weighted by Gasteiger charge is -2.12. The summed E-state index contributed by atoms with van der Waals surface area (Å²) in [4.78, 5) is 29.1. The first-order valence-electron chi connectivity index (χ1n) is 9.43. The van der Waals surface area contributed by atoms with E-state index in [0.29, 0.717) is 17.5 Å². The summed E-state index contributed by atoms with van der Waals surface area (Å²) in [6.07, 6.45) is 4.69. The predicted molar refractivity (Wildman–Crippen MR) is 109 cm³/mol. The zero-order valence-electron chi connectivity index (χ0n) is 16.4. The molecular formula is C22H24N4O2. The maximum absolute atomic E-state index is 12.7. The number of pyridine rings is 1. The molecule has 2 aromatic heterocycles. The van der Waals surface area contributed by atoms with Crippen LogP contribution in [0.2, 0.25) is 0 Å². The molecule has 0 saturated carbocycles. The van der Waals surface area contributed by atoms with Gasteiger partial charge in [-0.2, -0.15) is 5.10 Å². The summed E-state index contributed by atoms with van der Waals surface area (Å²) in [5, 5.41) is 9.48. The Bertz CT molecular complexity index is 1060. The van der Waals surface area contributed by atoms with E-state index in [9.17, 15) is 9.59 Å². The highest BCUT2D eigenvalue weighted by Crippen LogP contribution is 2.20. The highest BCUT2D eigenvalue weighted by molar-refractivity contribution is 5.95. The topological polar surface area (TPSA) is 87.7 Å². The zero-order valence-corrected chi connectivity index (χ0v) is 16.4. The number of carbonyl (C=O) groups excluding carboxylic acids is 1. The average Bonchev–Trinajstić information content (AvgIpc) is 2.72.